The maximum atomic E-state index is 6.21. The standard InChI is InChI=1S/C15H19NO/c1-15-10-6-5-9-13(15)11-16-14(17-15)12-7-3-2-4-8-12/h2-4,7-8,13H,5-6,9-11H2,1H3/t13-,15-/m1/s1. The maximum Gasteiger partial charge on any atom is 0.216 e. The molecule has 1 aromatic rings. The first kappa shape index (κ1) is 10.8. The molecular formula is C15H19NO. The van der Waals surface area contributed by atoms with Gasteiger partial charge in [0.2, 0.25) is 5.90 Å². The van der Waals surface area contributed by atoms with Crippen LogP contribution in [0.25, 0.3) is 0 Å². The monoisotopic (exact) mass is 229 g/mol. The van der Waals surface area contributed by atoms with Crippen molar-refractivity contribution in [3.05, 3.63) is 35.9 Å². The second-order valence-electron chi connectivity index (χ2n) is 5.37. The number of benzene rings is 1. The number of fused-ring (bicyclic) bond motifs is 1. The van der Waals surface area contributed by atoms with Gasteiger partial charge in [-0.1, -0.05) is 24.6 Å². The summed E-state index contributed by atoms with van der Waals surface area (Å²) in [4.78, 5) is 4.62. The Kier molecular flexibility index (Phi) is 2.65. The van der Waals surface area contributed by atoms with E-state index < -0.39 is 0 Å². The van der Waals surface area contributed by atoms with E-state index >= 15 is 0 Å². The zero-order chi connectivity index (χ0) is 11.7. The molecular weight excluding hydrogens is 210 g/mol. The highest BCUT2D eigenvalue weighted by Gasteiger charge is 2.41. The largest absolute Gasteiger partial charge is 0.471 e. The summed E-state index contributed by atoms with van der Waals surface area (Å²) in [6.45, 7) is 3.19. The van der Waals surface area contributed by atoms with Gasteiger partial charge in [0.05, 0.1) is 0 Å². The Morgan fingerprint density at radius 1 is 1.24 bits per heavy atom. The summed E-state index contributed by atoms with van der Waals surface area (Å²) in [5.41, 5.74) is 1.13. The van der Waals surface area contributed by atoms with Gasteiger partial charge in [-0.15, -0.1) is 0 Å². The molecule has 1 aliphatic heterocycles. The van der Waals surface area contributed by atoms with E-state index in [1.807, 2.05) is 18.2 Å². The summed E-state index contributed by atoms with van der Waals surface area (Å²) < 4.78 is 6.21. The predicted molar refractivity (Wildman–Crippen MR) is 69.3 cm³/mol. The van der Waals surface area contributed by atoms with Gasteiger partial charge in [0.1, 0.15) is 5.60 Å². The molecule has 2 heteroatoms. The van der Waals surface area contributed by atoms with Crippen molar-refractivity contribution in [2.45, 2.75) is 38.2 Å². The Bertz CT molecular complexity index is 426. The third-order valence-corrected chi connectivity index (χ3v) is 4.15. The SMILES string of the molecule is C[C@@]12CCCC[C@@H]1CN=C(c1ccccc1)O2. The van der Waals surface area contributed by atoms with Gasteiger partial charge in [0.15, 0.2) is 0 Å². The lowest BCUT2D eigenvalue weighted by Crippen LogP contribution is -2.46. The highest BCUT2D eigenvalue weighted by Crippen LogP contribution is 2.39. The average molecular weight is 229 g/mol. The summed E-state index contributed by atoms with van der Waals surface area (Å²) in [7, 11) is 0. The van der Waals surface area contributed by atoms with Crippen LogP contribution in [-0.2, 0) is 4.74 Å². The zero-order valence-corrected chi connectivity index (χ0v) is 10.4. The molecule has 0 radical (unpaired) electrons. The van der Waals surface area contributed by atoms with Gasteiger partial charge in [-0.05, 0) is 38.3 Å². The lowest BCUT2D eigenvalue weighted by Gasteiger charge is -2.43. The Labute approximate surface area is 103 Å². The van der Waals surface area contributed by atoms with Gasteiger partial charge in [-0.3, -0.25) is 4.99 Å². The number of rotatable bonds is 1. The van der Waals surface area contributed by atoms with Gasteiger partial charge >= 0.3 is 0 Å². The number of hydrogen-bond acceptors (Lipinski definition) is 2. The summed E-state index contributed by atoms with van der Waals surface area (Å²) >= 11 is 0. The fourth-order valence-corrected chi connectivity index (χ4v) is 2.97. The lowest BCUT2D eigenvalue weighted by molar-refractivity contribution is -0.0253. The maximum absolute atomic E-state index is 6.21. The van der Waals surface area contributed by atoms with Crippen LogP contribution in [0.15, 0.2) is 35.3 Å². The smallest absolute Gasteiger partial charge is 0.216 e. The fraction of sp³-hybridized carbons (Fsp3) is 0.533. The van der Waals surface area contributed by atoms with Crippen molar-refractivity contribution in [3.63, 3.8) is 0 Å². The van der Waals surface area contributed by atoms with Crippen molar-refractivity contribution >= 4 is 5.90 Å². The van der Waals surface area contributed by atoms with Gasteiger partial charge in [0.25, 0.3) is 0 Å². The fourth-order valence-electron chi connectivity index (χ4n) is 2.97. The van der Waals surface area contributed by atoms with Gasteiger partial charge in [-0.25, -0.2) is 0 Å². The molecule has 1 heterocycles. The molecule has 1 aromatic carbocycles. The topological polar surface area (TPSA) is 21.6 Å². The van der Waals surface area contributed by atoms with E-state index in [0.29, 0.717) is 5.92 Å². The molecule has 0 N–H and O–H groups in total. The summed E-state index contributed by atoms with van der Waals surface area (Å²) in [5, 5.41) is 0. The van der Waals surface area contributed by atoms with Crippen molar-refractivity contribution in [2.24, 2.45) is 10.9 Å². The van der Waals surface area contributed by atoms with Gasteiger partial charge < -0.3 is 4.74 Å². The third kappa shape index (κ3) is 1.97. The molecule has 1 saturated carbocycles. The minimum absolute atomic E-state index is 0.0190. The van der Waals surface area contributed by atoms with Crippen molar-refractivity contribution in [1.29, 1.82) is 0 Å². The highest BCUT2D eigenvalue weighted by atomic mass is 16.5. The molecule has 1 fully saturated rings. The van der Waals surface area contributed by atoms with E-state index in [2.05, 4.69) is 24.0 Å². The summed E-state index contributed by atoms with van der Waals surface area (Å²) in [5.74, 6) is 1.45. The van der Waals surface area contributed by atoms with Gasteiger partial charge in [0, 0.05) is 18.0 Å². The van der Waals surface area contributed by atoms with Crippen LogP contribution in [0.2, 0.25) is 0 Å². The molecule has 0 bridgehead atoms. The molecule has 90 valence electrons. The van der Waals surface area contributed by atoms with Crippen LogP contribution in [0.1, 0.15) is 38.2 Å². The number of hydrogen-bond donors (Lipinski definition) is 0. The van der Waals surface area contributed by atoms with E-state index in [4.69, 9.17) is 4.74 Å². The zero-order valence-electron chi connectivity index (χ0n) is 10.4. The molecule has 17 heavy (non-hydrogen) atoms. The Morgan fingerprint density at radius 3 is 2.88 bits per heavy atom. The van der Waals surface area contributed by atoms with Crippen LogP contribution in [0.3, 0.4) is 0 Å². The number of nitrogens with zero attached hydrogens (tertiary/aromatic N) is 1. The van der Waals surface area contributed by atoms with Crippen molar-refractivity contribution < 1.29 is 4.74 Å². The minimum atomic E-state index is 0.0190. The molecule has 2 atom stereocenters. The first-order valence-electron chi connectivity index (χ1n) is 6.57. The minimum Gasteiger partial charge on any atom is -0.471 e. The van der Waals surface area contributed by atoms with Crippen LogP contribution in [0, 0.1) is 5.92 Å². The first-order chi connectivity index (χ1) is 8.28. The van der Waals surface area contributed by atoms with Crippen LogP contribution >= 0.6 is 0 Å². The average Bonchev–Trinajstić information content (AvgIpc) is 2.38. The predicted octanol–water partition coefficient (Wildman–Crippen LogP) is 3.41. The van der Waals surface area contributed by atoms with Crippen molar-refractivity contribution in [2.75, 3.05) is 6.54 Å². The van der Waals surface area contributed by atoms with E-state index in [0.717, 1.165) is 18.0 Å². The molecule has 1 aliphatic carbocycles. The van der Waals surface area contributed by atoms with E-state index in [1.165, 1.54) is 25.7 Å². The molecule has 2 nitrogen and oxygen atoms in total. The molecule has 0 amide bonds. The second kappa shape index (κ2) is 4.17. The van der Waals surface area contributed by atoms with Crippen LogP contribution < -0.4 is 0 Å². The Morgan fingerprint density at radius 2 is 2.06 bits per heavy atom. The first-order valence-corrected chi connectivity index (χ1v) is 6.57. The van der Waals surface area contributed by atoms with Crippen molar-refractivity contribution in [1.82, 2.24) is 0 Å². The van der Waals surface area contributed by atoms with E-state index in [-0.39, 0.29) is 5.60 Å². The lowest BCUT2D eigenvalue weighted by atomic mass is 9.76. The molecule has 3 rings (SSSR count). The molecule has 2 aliphatic rings. The molecule has 0 saturated heterocycles. The third-order valence-electron chi connectivity index (χ3n) is 4.15. The summed E-state index contributed by atoms with van der Waals surface area (Å²) in [6.07, 6.45) is 5.06. The van der Waals surface area contributed by atoms with Crippen LogP contribution in [0.4, 0.5) is 0 Å². The highest BCUT2D eigenvalue weighted by molar-refractivity contribution is 5.94. The Hall–Kier alpha value is -1.31. The second-order valence-corrected chi connectivity index (χ2v) is 5.37. The van der Waals surface area contributed by atoms with Crippen LogP contribution in [-0.4, -0.2) is 18.0 Å². The Balaban J connectivity index is 1.87. The summed E-state index contributed by atoms with van der Waals surface area (Å²) in [6, 6.07) is 10.3. The molecule has 0 unspecified atom stereocenters. The van der Waals surface area contributed by atoms with Crippen molar-refractivity contribution in [3.8, 4) is 0 Å². The number of ether oxygens (including phenoxy) is 1. The van der Waals surface area contributed by atoms with Gasteiger partial charge in [-0.2, -0.15) is 0 Å². The molecule has 0 spiro atoms. The molecule has 0 aromatic heterocycles. The quantitative estimate of drug-likeness (QED) is 0.723. The normalized spacial score (nSPS) is 32.3. The van der Waals surface area contributed by atoms with E-state index in [9.17, 15) is 0 Å². The van der Waals surface area contributed by atoms with Crippen LogP contribution in [0.5, 0.6) is 0 Å². The van der Waals surface area contributed by atoms with E-state index in [1.54, 1.807) is 0 Å². The number of aliphatic imine (C=N–C) groups is 1.